The number of aromatic amines is 1. The van der Waals surface area contributed by atoms with E-state index in [1.54, 1.807) is 6.20 Å². The van der Waals surface area contributed by atoms with Gasteiger partial charge in [0.15, 0.2) is 0 Å². The molecule has 2 atom stereocenters. The van der Waals surface area contributed by atoms with Crippen molar-refractivity contribution in [2.24, 2.45) is 5.92 Å². The lowest BCUT2D eigenvalue weighted by atomic mass is 9.98. The van der Waals surface area contributed by atoms with Gasteiger partial charge in [-0.3, -0.25) is 5.10 Å². The van der Waals surface area contributed by atoms with Crippen LogP contribution in [0.25, 0.3) is 10.9 Å². The van der Waals surface area contributed by atoms with Crippen LogP contribution in [-0.4, -0.2) is 40.6 Å². The number of aromatic nitrogens is 3. The number of urea groups is 1. The van der Waals surface area contributed by atoms with Gasteiger partial charge in [-0.1, -0.05) is 11.2 Å². The lowest BCUT2D eigenvalue weighted by Crippen LogP contribution is -2.42. The van der Waals surface area contributed by atoms with E-state index in [0.29, 0.717) is 25.3 Å². The first kappa shape index (κ1) is 15.6. The summed E-state index contributed by atoms with van der Waals surface area (Å²) in [4.78, 5) is 12.4. The van der Waals surface area contributed by atoms with Crippen molar-refractivity contribution in [1.82, 2.24) is 20.7 Å². The Balaban J connectivity index is 1.40. The summed E-state index contributed by atoms with van der Waals surface area (Å²) in [6.07, 6.45) is 2.38. The molecule has 8 nitrogen and oxygen atoms in total. The molecule has 3 aromatic rings. The summed E-state index contributed by atoms with van der Waals surface area (Å²) < 4.78 is 10.8. The highest BCUT2D eigenvalue weighted by Gasteiger charge is 2.30. The SMILES string of the molecule is Cc1cc(C[C@@H]2COC[C@@H]2NC(=O)Nc2cccc3[nH]ncc23)on1. The number of carbonyl (C=O) groups is 1. The summed E-state index contributed by atoms with van der Waals surface area (Å²) in [7, 11) is 0. The molecule has 130 valence electrons. The summed E-state index contributed by atoms with van der Waals surface area (Å²) in [5.74, 6) is 0.964. The highest BCUT2D eigenvalue weighted by Crippen LogP contribution is 2.22. The highest BCUT2D eigenvalue weighted by molar-refractivity contribution is 6.00. The van der Waals surface area contributed by atoms with E-state index in [-0.39, 0.29) is 18.0 Å². The van der Waals surface area contributed by atoms with Gasteiger partial charge in [0.1, 0.15) is 5.76 Å². The number of aryl methyl sites for hydroxylation is 1. The van der Waals surface area contributed by atoms with Gasteiger partial charge < -0.3 is 19.9 Å². The van der Waals surface area contributed by atoms with Crippen molar-refractivity contribution in [2.75, 3.05) is 18.5 Å². The zero-order chi connectivity index (χ0) is 17.2. The number of H-pyrrole nitrogens is 1. The van der Waals surface area contributed by atoms with Crippen molar-refractivity contribution in [2.45, 2.75) is 19.4 Å². The van der Waals surface area contributed by atoms with Crippen LogP contribution < -0.4 is 10.6 Å². The second kappa shape index (κ2) is 6.56. The van der Waals surface area contributed by atoms with Crippen molar-refractivity contribution in [1.29, 1.82) is 0 Å². The maximum atomic E-state index is 12.4. The maximum Gasteiger partial charge on any atom is 0.319 e. The van der Waals surface area contributed by atoms with Crippen molar-refractivity contribution < 1.29 is 14.1 Å². The molecule has 3 heterocycles. The first-order valence-corrected chi connectivity index (χ1v) is 8.18. The van der Waals surface area contributed by atoms with Gasteiger partial charge in [-0.25, -0.2) is 4.79 Å². The number of nitrogens with one attached hydrogen (secondary N) is 3. The summed E-state index contributed by atoms with van der Waals surface area (Å²) in [6, 6.07) is 7.19. The van der Waals surface area contributed by atoms with E-state index in [1.807, 2.05) is 31.2 Å². The van der Waals surface area contributed by atoms with Gasteiger partial charge in [-0.2, -0.15) is 5.10 Å². The summed E-state index contributed by atoms with van der Waals surface area (Å²) in [6.45, 7) is 2.96. The zero-order valence-corrected chi connectivity index (χ0v) is 13.8. The quantitative estimate of drug-likeness (QED) is 0.675. The molecule has 25 heavy (non-hydrogen) atoms. The average Bonchev–Trinajstić information content (AvgIpc) is 3.30. The zero-order valence-electron chi connectivity index (χ0n) is 13.8. The number of benzene rings is 1. The minimum atomic E-state index is -0.261. The molecule has 0 unspecified atom stereocenters. The van der Waals surface area contributed by atoms with E-state index in [2.05, 4.69) is 26.0 Å². The average molecular weight is 341 g/mol. The van der Waals surface area contributed by atoms with E-state index in [1.165, 1.54) is 0 Å². The summed E-state index contributed by atoms with van der Waals surface area (Å²) in [5.41, 5.74) is 2.44. The standard InChI is InChI=1S/C17H19N5O3/c1-10-5-12(25-22-10)6-11-8-24-9-16(11)20-17(23)19-14-3-2-4-15-13(14)7-18-21-15/h2-5,7,11,16H,6,8-9H2,1H3,(H,18,21)(H2,19,20,23)/t11-,16+/m1/s1. The van der Waals surface area contributed by atoms with Crippen LogP contribution in [0.15, 0.2) is 35.0 Å². The highest BCUT2D eigenvalue weighted by atomic mass is 16.5. The van der Waals surface area contributed by atoms with Crippen LogP contribution >= 0.6 is 0 Å². The number of carbonyl (C=O) groups excluding carboxylic acids is 1. The fourth-order valence-electron chi connectivity index (χ4n) is 3.13. The summed E-state index contributed by atoms with van der Waals surface area (Å²) >= 11 is 0. The molecular formula is C17H19N5O3. The molecule has 0 radical (unpaired) electrons. The Morgan fingerprint density at radius 1 is 1.40 bits per heavy atom. The van der Waals surface area contributed by atoms with E-state index in [4.69, 9.17) is 9.26 Å². The van der Waals surface area contributed by atoms with Gasteiger partial charge >= 0.3 is 6.03 Å². The van der Waals surface area contributed by atoms with Gasteiger partial charge in [0, 0.05) is 23.8 Å². The van der Waals surface area contributed by atoms with Crippen molar-refractivity contribution >= 4 is 22.6 Å². The van der Waals surface area contributed by atoms with E-state index in [9.17, 15) is 4.79 Å². The Bertz CT molecular complexity index is 887. The molecule has 8 heteroatoms. The van der Waals surface area contributed by atoms with Crippen LogP contribution in [0.4, 0.5) is 10.5 Å². The molecule has 2 aromatic heterocycles. The lowest BCUT2D eigenvalue weighted by Gasteiger charge is -2.18. The molecule has 0 saturated carbocycles. The molecule has 1 fully saturated rings. The predicted octanol–water partition coefficient (Wildman–Crippen LogP) is 2.24. The third kappa shape index (κ3) is 3.34. The fourth-order valence-corrected chi connectivity index (χ4v) is 3.13. The summed E-state index contributed by atoms with van der Waals surface area (Å²) in [5, 5.41) is 17.5. The van der Waals surface area contributed by atoms with Crippen molar-refractivity contribution in [3.8, 4) is 0 Å². The first-order valence-electron chi connectivity index (χ1n) is 8.18. The Morgan fingerprint density at radius 3 is 3.16 bits per heavy atom. The number of nitrogens with zero attached hydrogens (tertiary/aromatic N) is 2. The molecular weight excluding hydrogens is 322 g/mol. The minimum Gasteiger partial charge on any atom is -0.379 e. The molecule has 1 saturated heterocycles. The molecule has 1 aliphatic rings. The topological polar surface area (TPSA) is 105 Å². The van der Waals surface area contributed by atoms with Crippen molar-refractivity contribution in [3.63, 3.8) is 0 Å². The molecule has 1 aliphatic heterocycles. The van der Waals surface area contributed by atoms with E-state index >= 15 is 0 Å². The number of hydrogen-bond acceptors (Lipinski definition) is 5. The molecule has 0 aliphatic carbocycles. The fraction of sp³-hybridized carbons (Fsp3) is 0.353. The second-order valence-electron chi connectivity index (χ2n) is 6.28. The third-order valence-electron chi connectivity index (χ3n) is 4.39. The Labute approximate surface area is 143 Å². The van der Waals surface area contributed by atoms with Crippen LogP contribution in [0.5, 0.6) is 0 Å². The Kier molecular flexibility index (Phi) is 4.10. The molecule has 2 amide bonds. The number of ether oxygens (including phenoxy) is 1. The molecule has 0 spiro atoms. The van der Waals surface area contributed by atoms with Gasteiger partial charge in [0.25, 0.3) is 0 Å². The maximum absolute atomic E-state index is 12.4. The molecule has 0 bridgehead atoms. The number of amides is 2. The number of hydrogen-bond donors (Lipinski definition) is 3. The Morgan fingerprint density at radius 2 is 2.32 bits per heavy atom. The molecule has 3 N–H and O–H groups in total. The van der Waals surface area contributed by atoms with Gasteiger partial charge in [-0.15, -0.1) is 0 Å². The molecule has 4 rings (SSSR count). The number of fused-ring (bicyclic) bond motifs is 1. The van der Waals surface area contributed by atoms with Crippen LogP contribution in [-0.2, 0) is 11.2 Å². The van der Waals surface area contributed by atoms with Gasteiger partial charge in [0.05, 0.1) is 42.4 Å². The smallest absolute Gasteiger partial charge is 0.319 e. The Hall–Kier alpha value is -2.87. The largest absolute Gasteiger partial charge is 0.379 e. The van der Waals surface area contributed by atoms with E-state index < -0.39 is 0 Å². The second-order valence-corrected chi connectivity index (χ2v) is 6.28. The number of rotatable bonds is 4. The third-order valence-corrected chi connectivity index (χ3v) is 4.39. The normalized spacial score (nSPS) is 20.0. The van der Waals surface area contributed by atoms with Gasteiger partial charge in [-0.05, 0) is 19.1 Å². The predicted molar refractivity (Wildman–Crippen MR) is 91.3 cm³/mol. The van der Waals surface area contributed by atoms with Crippen LogP contribution in [0.1, 0.15) is 11.5 Å². The minimum absolute atomic E-state index is 0.0750. The molecule has 1 aromatic carbocycles. The van der Waals surface area contributed by atoms with Crippen LogP contribution in [0.2, 0.25) is 0 Å². The first-order chi connectivity index (χ1) is 12.2. The van der Waals surface area contributed by atoms with Crippen LogP contribution in [0, 0.1) is 12.8 Å². The van der Waals surface area contributed by atoms with E-state index in [0.717, 1.165) is 22.4 Å². The monoisotopic (exact) mass is 341 g/mol. The number of anilines is 1. The van der Waals surface area contributed by atoms with Crippen molar-refractivity contribution in [3.05, 3.63) is 41.9 Å². The van der Waals surface area contributed by atoms with Gasteiger partial charge in [0.2, 0.25) is 0 Å². The lowest BCUT2D eigenvalue weighted by molar-refractivity contribution is 0.181. The van der Waals surface area contributed by atoms with Crippen LogP contribution in [0.3, 0.4) is 0 Å².